The third kappa shape index (κ3) is 2.72. The van der Waals surface area contributed by atoms with Crippen molar-refractivity contribution in [1.29, 1.82) is 0 Å². The van der Waals surface area contributed by atoms with Crippen LogP contribution in [0.4, 0.5) is 0 Å². The number of benzene rings is 2. The Kier molecular flexibility index (Phi) is 3.93. The molecule has 5 nitrogen and oxygen atoms in total. The average Bonchev–Trinajstić information content (AvgIpc) is 2.45. The van der Waals surface area contributed by atoms with Crippen LogP contribution in [0.2, 0.25) is 0 Å². The molecule has 0 fully saturated rings. The van der Waals surface area contributed by atoms with Gasteiger partial charge in [0.05, 0.1) is 23.8 Å². The van der Waals surface area contributed by atoms with Crippen LogP contribution in [-0.4, -0.2) is 29.1 Å². The molecule has 2 aromatic rings. The summed E-state index contributed by atoms with van der Waals surface area (Å²) in [6.07, 6.45) is 0. The van der Waals surface area contributed by atoms with Crippen LogP contribution in [0, 0.1) is 6.92 Å². The molecule has 21 heavy (non-hydrogen) atoms. The number of aryl methyl sites for hydroxylation is 1. The number of aromatic carboxylic acids is 1. The number of ether oxygens (including phenoxy) is 1. The Bertz CT molecular complexity index is 719. The summed E-state index contributed by atoms with van der Waals surface area (Å²) in [7, 11) is 1.35. The van der Waals surface area contributed by atoms with Crippen molar-refractivity contribution in [3.8, 4) is 11.5 Å². The predicted octanol–water partition coefficient (Wildman–Crippen LogP) is 2.64. The van der Waals surface area contributed by atoms with Crippen LogP contribution in [0.25, 0.3) is 0 Å². The van der Waals surface area contributed by atoms with E-state index >= 15 is 0 Å². The van der Waals surface area contributed by atoms with Crippen LogP contribution in [0.15, 0.2) is 36.4 Å². The van der Waals surface area contributed by atoms with Crippen molar-refractivity contribution in [1.82, 2.24) is 0 Å². The van der Waals surface area contributed by atoms with Crippen molar-refractivity contribution in [2.24, 2.45) is 0 Å². The van der Waals surface area contributed by atoms with E-state index in [0.717, 1.165) is 5.56 Å². The van der Waals surface area contributed by atoms with Gasteiger partial charge in [-0.1, -0.05) is 12.1 Å². The Morgan fingerprint density at radius 2 is 1.81 bits per heavy atom. The number of hydrogen-bond acceptors (Lipinski definition) is 4. The molecule has 0 heterocycles. The number of methoxy groups -OCH3 is 1. The van der Waals surface area contributed by atoms with E-state index in [1.54, 1.807) is 13.0 Å². The quantitative estimate of drug-likeness (QED) is 0.844. The Balaban J connectivity index is 2.65. The number of hydrogen-bond donors (Lipinski definition) is 2. The summed E-state index contributed by atoms with van der Waals surface area (Å²) in [5.41, 5.74) is 0.584. The van der Waals surface area contributed by atoms with E-state index in [4.69, 9.17) is 4.74 Å². The largest absolute Gasteiger partial charge is 0.507 e. The van der Waals surface area contributed by atoms with Gasteiger partial charge in [0.2, 0.25) is 5.78 Å². The van der Waals surface area contributed by atoms with Gasteiger partial charge in [-0.05, 0) is 36.8 Å². The van der Waals surface area contributed by atoms with E-state index in [1.807, 2.05) is 0 Å². The van der Waals surface area contributed by atoms with Gasteiger partial charge in [-0.25, -0.2) is 4.79 Å². The highest BCUT2D eigenvalue weighted by atomic mass is 16.5. The topological polar surface area (TPSA) is 83.8 Å². The fraction of sp³-hybridized carbons (Fsp3) is 0.125. The van der Waals surface area contributed by atoms with Gasteiger partial charge in [-0.15, -0.1) is 0 Å². The number of ketones is 1. The second kappa shape index (κ2) is 5.66. The summed E-state index contributed by atoms with van der Waals surface area (Å²) in [6.45, 7) is 1.78. The molecule has 0 unspecified atom stereocenters. The lowest BCUT2D eigenvalue weighted by Crippen LogP contribution is -2.11. The molecule has 2 rings (SSSR count). The van der Waals surface area contributed by atoms with Crippen molar-refractivity contribution < 1.29 is 24.5 Å². The number of carbonyl (C=O) groups is 2. The molecule has 0 aliphatic carbocycles. The van der Waals surface area contributed by atoms with Gasteiger partial charge in [-0.2, -0.15) is 0 Å². The minimum Gasteiger partial charge on any atom is -0.507 e. The first-order valence-corrected chi connectivity index (χ1v) is 6.20. The highest BCUT2D eigenvalue weighted by Crippen LogP contribution is 2.29. The molecule has 0 aliphatic rings. The molecule has 2 N–H and O–H groups in total. The van der Waals surface area contributed by atoms with E-state index in [9.17, 15) is 19.8 Å². The van der Waals surface area contributed by atoms with Crippen molar-refractivity contribution >= 4 is 11.8 Å². The molecule has 0 amide bonds. The third-order valence-corrected chi connectivity index (χ3v) is 3.10. The van der Waals surface area contributed by atoms with Crippen LogP contribution in [0.1, 0.15) is 31.8 Å². The van der Waals surface area contributed by atoms with Crippen LogP contribution in [-0.2, 0) is 0 Å². The van der Waals surface area contributed by atoms with E-state index in [2.05, 4.69) is 0 Å². The van der Waals surface area contributed by atoms with Gasteiger partial charge in [-0.3, -0.25) is 4.79 Å². The average molecular weight is 286 g/mol. The number of carbonyl (C=O) groups excluding carboxylic acids is 1. The molecular weight excluding hydrogens is 272 g/mol. The smallest absolute Gasteiger partial charge is 0.336 e. The Labute approximate surface area is 121 Å². The van der Waals surface area contributed by atoms with Gasteiger partial charge in [0.15, 0.2) is 0 Å². The zero-order valence-electron chi connectivity index (χ0n) is 11.6. The Morgan fingerprint density at radius 3 is 2.38 bits per heavy atom. The number of phenolic OH excluding ortho intramolecular Hbond substituents is 1. The summed E-state index contributed by atoms with van der Waals surface area (Å²) in [4.78, 5) is 23.9. The lowest BCUT2D eigenvalue weighted by atomic mass is 9.96. The number of rotatable bonds is 4. The first-order valence-electron chi connectivity index (χ1n) is 6.20. The zero-order valence-corrected chi connectivity index (χ0v) is 11.6. The predicted molar refractivity (Wildman–Crippen MR) is 76.2 cm³/mol. The molecule has 108 valence electrons. The maximum absolute atomic E-state index is 12.6. The van der Waals surface area contributed by atoms with Gasteiger partial charge in [0.25, 0.3) is 0 Å². The molecule has 0 spiro atoms. The second-order valence-corrected chi connectivity index (χ2v) is 4.54. The fourth-order valence-electron chi connectivity index (χ4n) is 2.08. The zero-order chi connectivity index (χ0) is 15.6. The summed E-state index contributed by atoms with van der Waals surface area (Å²) in [5, 5.41) is 19.1. The maximum Gasteiger partial charge on any atom is 0.336 e. The van der Waals surface area contributed by atoms with Gasteiger partial charge in [0, 0.05) is 0 Å². The summed E-state index contributed by atoms with van der Waals surface area (Å²) >= 11 is 0. The molecule has 0 bridgehead atoms. The molecule has 0 saturated carbocycles. The number of phenols is 1. The molecule has 0 saturated heterocycles. The normalized spacial score (nSPS) is 10.2. The van der Waals surface area contributed by atoms with E-state index < -0.39 is 11.8 Å². The standard InChI is InChI=1S/C16H14O5/c1-9-6-7-10(12(17)8-9)15(18)14-11(16(19)20)4-3-5-13(14)21-2/h3-8,17H,1-2H3,(H,19,20). The third-order valence-electron chi connectivity index (χ3n) is 3.10. The number of carboxylic acid groups (broad SMARTS) is 1. The summed E-state index contributed by atoms with van der Waals surface area (Å²) < 4.78 is 5.08. The van der Waals surface area contributed by atoms with Crippen LogP contribution in [0.5, 0.6) is 11.5 Å². The van der Waals surface area contributed by atoms with Crippen LogP contribution >= 0.6 is 0 Å². The number of aromatic hydroxyl groups is 1. The van der Waals surface area contributed by atoms with Gasteiger partial charge >= 0.3 is 5.97 Å². The molecule has 0 aromatic heterocycles. The number of carboxylic acids is 1. The molecule has 2 aromatic carbocycles. The second-order valence-electron chi connectivity index (χ2n) is 4.54. The van der Waals surface area contributed by atoms with E-state index in [0.29, 0.717) is 0 Å². The lowest BCUT2D eigenvalue weighted by Gasteiger charge is -2.11. The minimum atomic E-state index is -1.23. The van der Waals surface area contributed by atoms with Crippen LogP contribution in [0.3, 0.4) is 0 Å². The van der Waals surface area contributed by atoms with Gasteiger partial charge < -0.3 is 14.9 Å². The highest BCUT2D eigenvalue weighted by Gasteiger charge is 2.24. The first-order chi connectivity index (χ1) is 9.95. The van der Waals surface area contributed by atoms with Crippen molar-refractivity contribution in [3.05, 3.63) is 58.7 Å². The van der Waals surface area contributed by atoms with E-state index in [-0.39, 0.29) is 28.2 Å². The van der Waals surface area contributed by atoms with E-state index in [1.165, 1.54) is 37.4 Å². The fourth-order valence-corrected chi connectivity index (χ4v) is 2.08. The molecule has 0 radical (unpaired) electrons. The van der Waals surface area contributed by atoms with Crippen molar-refractivity contribution in [3.63, 3.8) is 0 Å². The Morgan fingerprint density at radius 1 is 1.10 bits per heavy atom. The first kappa shape index (κ1) is 14.6. The summed E-state index contributed by atoms with van der Waals surface area (Å²) in [5.74, 6) is -1.87. The lowest BCUT2D eigenvalue weighted by molar-refractivity contribution is 0.0692. The van der Waals surface area contributed by atoms with Crippen molar-refractivity contribution in [2.75, 3.05) is 7.11 Å². The molecule has 5 heteroatoms. The monoisotopic (exact) mass is 286 g/mol. The maximum atomic E-state index is 12.6. The Hall–Kier alpha value is -2.82. The minimum absolute atomic E-state index is 0.0348. The van der Waals surface area contributed by atoms with Gasteiger partial charge in [0.1, 0.15) is 11.5 Å². The summed E-state index contributed by atoms with van der Waals surface area (Å²) in [6, 6.07) is 8.90. The van der Waals surface area contributed by atoms with Crippen molar-refractivity contribution in [2.45, 2.75) is 6.92 Å². The molecule has 0 aliphatic heterocycles. The molecular formula is C16H14O5. The molecule has 0 atom stereocenters. The highest BCUT2D eigenvalue weighted by molar-refractivity contribution is 6.17. The SMILES string of the molecule is COc1cccc(C(=O)O)c1C(=O)c1ccc(C)cc1O. The van der Waals surface area contributed by atoms with Crippen LogP contribution < -0.4 is 4.74 Å².